The molecule has 5 rings (SSSR count). The standard InChI is InChI=1S/C25H21N5O3S/c31-12-11-27-25-28-20(15-34-25)23-22-19(9-10-26-23)24(32)30-21(29-22)14-33-18-8-4-7-17(13-18)16-5-2-1-3-6-16/h1-10,13,15,31H,11-12,14H2,(H,27,28)(H,29,30,32). The third-order valence-corrected chi connectivity index (χ3v) is 5.93. The number of pyridine rings is 1. The second-order valence-corrected chi connectivity index (χ2v) is 8.30. The van der Waals surface area contributed by atoms with Crippen molar-refractivity contribution in [3.8, 4) is 28.3 Å². The van der Waals surface area contributed by atoms with Crippen LogP contribution in [0.1, 0.15) is 5.82 Å². The van der Waals surface area contributed by atoms with Crippen molar-refractivity contribution in [1.29, 1.82) is 0 Å². The number of nitrogens with one attached hydrogen (secondary N) is 2. The number of hydrogen-bond donors (Lipinski definition) is 3. The van der Waals surface area contributed by atoms with Crippen molar-refractivity contribution in [2.45, 2.75) is 6.61 Å². The molecule has 3 N–H and O–H groups in total. The molecular formula is C25H21N5O3S. The van der Waals surface area contributed by atoms with Gasteiger partial charge >= 0.3 is 0 Å². The van der Waals surface area contributed by atoms with Crippen LogP contribution in [0, 0.1) is 0 Å². The Bertz CT molecular complexity index is 1480. The number of H-pyrrole nitrogens is 1. The summed E-state index contributed by atoms with van der Waals surface area (Å²) in [4.78, 5) is 29.1. The molecule has 3 heterocycles. The number of hydrogen-bond acceptors (Lipinski definition) is 8. The first kappa shape index (κ1) is 21.7. The summed E-state index contributed by atoms with van der Waals surface area (Å²) in [6.45, 7) is 0.509. The fourth-order valence-electron chi connectivity index (χ4n) is 3.54. The van der Waals surface area contributed by atoms with Gasteiger partial charge in [0, 0.05) is 18.1 Å². The molecule has 0 aliphatic carbocycles. The molecule has 5 aromatic rings. The maximum Gasteiger partial charge on any atom is 0.258 e. The molecule has 0 aliphatic heterocycles. The number of rotatable bonds is 8. The Morgan fingerprint density at radius 2 is 1.88 bits per heavy atom. The predicted octanol–water partition coefficient (Wildman–Crippen LogP) is 4.09. The van der Waals surface area contributed by atoms with Crippen molar-refractivity contribution < 1.29 is 9.84 Å². The summed E-state index contributed by atoms with van der Waals surface area (Å²) in [7, 11) is 0. The zero-order valence-electron chi connectivity index (χ0n) is 18.1. The van der Waals surface area contributed by atoms with Crippen molar-refractivity contribution in [1.82, 2.24) is 19.9 Å². The van der Waals surface area contributed by atoms with Crippen molar-refractivity contribution in [3.63, 3.8) is 0 Å². The number of aromatic nitrogens is 4. The van der Waals surface area contributed by atoms with E-state index in [0.717, 1.165) is 11.1 Å². The van der Waals surface area contributed by atoms with Gasteiger partial charge in [-0.1, -0.05) is 42.5 Å². The molecule has 0 unspecified atom stereocenters. The molecule has 0 radical (unpaired) electrons. The van der Waals surface area contributed by atoms with Crippen LogP contribution in [0.4, 0.5) is 5.13 Å². The van der Waals surface area contributed by atoms with Crippen LogP contribution in [0.25, 0.3) is 33.4 Å². The molecule has 2 aromatic carbocycles. The number of aromatic amines is 1. The largest absolute Gasteiger partial charge is 0.486 e. The van der Waals surface area contributed by atoms with Crippen LogP contribution in [0.2, 0.25) is 0 Å². The lowest BCUT2D eigenvalue weighted by molar-refractivity contribution is 0.296. The summed E-state index contributed by atoms with van der Waals surface area (Å²) < 4.78 is 5.95. The second kappa shape index (κ2) is 9.82. The van der Waals surface area contributed by atoms with Gasteiger partial charge in [0.2, 0.25) is 0 Å². The number of thiazole rings is 1. The molecule has 9 heteroatoms. The van der Waals surface area contributed by atoms with E-state index in [1.165, 1.54) is 11.3 Å². The highest BCUT2D eigenvalue weighted by atomic mass is 32.1. The maximum absolute atomic E-state index is 12.7. The fourth-order valence-corrected chi connectivity index (χ4v) is 4.27. The van der Waals surface area contributed by atoms with Gasteiger partial charge in [-0.15, -0.1) is 11.3 Å². The van der Waals surface area contributed by atoms with E-state index in [1.54, 1.807) is 12.3 Å². The first-order valence-electron chi connectivity index (χ1n) is 10.7. The molecular weight excluding hydrogens is 450 g/mol. The highest BCUT2D eigenvalue weighted by Gasteiger charge is 2.14. The number of fused-ring (bicyclic) bond motifs is 1. The minimum absolute atomic E-state index is 0.00990. The van der Waals surface area contributed by atoms with Crippen molar-refractivity contribution in [2.75, 3.05) is 18.5 Å². The third-order valence-electron chi connectivity index (χ3n) is 5.13. The quantitative estimate of drug-likeness (QED) is 0.312. The normalized spacial score (nSPS) is 11.0. The molecule has 0 aliphatic rings. The van der Waals surface area contributed by atoms with Gasteiger partial charge in [0.1, 0.15) is 35.1 Å². The van der Waals surface area contributed by atoms with Gasteiger partial charge in [0.15, 0.2) is 5.13 Å². The summed E-state index contributed by atoms with van der Waals surface area (Å²) in [6.07, 6.45) is 1.57. The number of aliphatic hydroxyl groups excluding tert-OH is 1. The molecule has 34 heavy (non-hydrogen) atoms. The van der Waals surface area contributed by atoms with E-state index in [4.69, 9.17) is 9.84 Å². The Kier molecular flexibility index (Phi) is 6.28. The highest BCUT2D eigenvalue weighted by Crippen LogP contribution is 2.28. The first-order chi connectivity index (χ1) is 16.7. The van der Waals surface area contributed by atoms with E-state index in [0.29, 0.717) is 45.5 Å². The van der Waals surface area contributed by atoms with Crippen LogP contribution in [0.5, 0.6) is 5.75 Å². The van der Waals surface area contributed by atoms with E-state index in [9.17, 15) is 4.79 Å². The molecule has 0 atom stereocenters. The molecule has 0 fully saturated rings. The van der Waals surface area contributed by atoms with Gasteiger partial charge < -0.3 is 20.1 Å². The van der Waals surface area contributed by atoms with Crippen LogP contribution < -0.4 is 15.6 Å². The molecule has 0 spiro atoms. The monoisotopic (exact) mass is 471 g/mol. The van der Waals surface area contributed by atoms with E-state index in [-0.39, 0.29) is 18.8 Å². The number of aliphatic hydroxyl groups is 1. The lowest BCUT2D eigenvalue weighted by atomic mass is 10.1. The maximum atomic E-state index is 12.7. The van der Waals surface area contributed by atoms with Crippen molar-refractivity contribution >= 4 is 27.4 Å². The second-order valence-electron chi connectivity index (χ2n) is 7.44. The molecule has 0 amide bonds. The molecule has 0 saturated heterocycles. The molecule has 8 nitrogen and oxygen atoms in total. The van der Waals surface area contributed by atoms with Crippen LogP contribution in [0.15, 0.2) is 77.0 Å². The minimum atomic E-state index is -0.265. The minimum Gasteiger partial charge on any atom is -0.486 e. The molecule has 170 valence electrons. The Labute approximate surface area is 199 Å². The van der Waals surface area contributed by atoms with E-state index >= 15 is 0 Å². The molecule has 3 aromatic heterocycles. The lowest BCUT2D eigenvalue weighted by Crippen LogP contribution is -2.14. The van der Waals surface area contributed by atoms with Crippen molar-refractivity contribution in [3.05, 3.63) is 88.4 Å². The Balaban J connectivity index is 1.42. The summed E-state index contributed by atoms with van der Waals surface area (Å²) >= 11 is 1.40. The SMILES string of the molecule is O=c1[nH]c(COc2cccc(-c3ccccc3)c2)nc2c(-c3csc(NCCO)n3)nccc12. The van der Waals surface area contributed by atoms with Gasteiger partial charge in [0.05, 0.1) is 12.0 Å². The molecule has 0 bridgehead atoms. The highest BCUT2D eigenvalue weighted by molar-refractivity contribution is 7.14. The van der Waals surface area contributed by atoms with Crippen LogP contribution >= 0.6 is 11.3 Å². The predicted molar refractivity (Wildman–Crippen MR) is 133 cm³/mol. The molecule has 0 saturated carbocycles. The Hall–Kier alpha value is -4.08. The van der Waals surface area contributed by atoms with Crippen molar-refractivity contribution in [2.24, 2.45) is 0 Å². The van der Waals surface area contributed by atoms with Gasteiger partial charge in [0.25, 0.3) is 5.56 Å². The summed E-state index contributed by atoms with van der Waals surface area (Å²) in [5.41, 5.74) is 3.46. The van der Waals surface area contributed by atoms with Gasteiger partial charge in [-0.05, 0) is 29.3 Å². The van der Waals surface area contributed by atoms with E-state index < -0.39 is 0 Å². The summed E-state index contributed by atoms with van der Waals surface area (Å²) in [5, 5.41) is 15.0. The Morgan fingerprint density at radius 3 is 2.74 bits per heavy atom. The van der Waals surface area contributed by atoms with Crippen LogP contribution in [-0.4, -0.2) is 38.2 Å². The zero-order valence-corrected chi connectivity index (χ0v) is 18.9. The Morgan fingerprint density at radius 1 is 1.03 bits per heavy atom. The number of benzene rings is 2. The van der Waals surface area contributed by atoms with Crippen LogP contribution in [-0.2, 0) is 6.61 Å². The number of anilines is 1. The number of ether oxygens (including phenoxy) is 1. The summed E-state index contributed by atoms with van der Waals surface area (Å²) in [6, 6.07) is 19.5. The van der Waals surface area contributed by atoms with Gasteiger partial charge in [-0.25, -0.2) is 9.97 Å². The fraction of sp³-hybridized carbons (Fsp3) is 0.120. The zero-order chi connectivity index (χ0) is 23.3. The smallest absolute Gasteiger partial charge is 0.258 e. The number of nitrogens with zero attached hydrogens (tertiary/aromatic N) is 3. The van der Waals surface area contributed by atoms with Gasteiger partial charge in [-0.3, -0.25) is 9.78 Å². The van der Waals surface area contributed by atoms with Crippen LogP contribution in [0.3, 0.4) is 0 Å². The van der Waals surface area contributed by atoms with E-state index in [2.05, 4.69) is 25.3 Å². The average Bonchev–Trinajstić information content (AvgIpc) is 3.35. The topological polar surface area (TPSA) is 113 Å². The average molecular weight is 472 g/mol. The first-order valence-corrected chi connectivity index (χ1v) is 11.6. The van der Waals surface area contributed by atoms with Gasteiger partial charge in [-0.2, -0.15) is 0 Å². The third kappa shape index (κ3) is 4.66. The van der Waals surface area contributed by atoms with E-state index in [1.807, 2.05) is 60.0 Å². The lowest BCUT2D eigenvalue weighted by Gasteiger charge is -2.09. The summed E-state index contributed by atoms with van der Waals surface area (Å²) in [5.74, 6) is 1.07.